The predicted octanol–water partition coefficient (Wildman–Crippen LogP) is 1.79. The number of ether oxygens (including phenoxy) is 1. The number of hydrogen-bond donors (Lipinski definition) is 2. The Morgan fingerprint density at radius 3 is 3.00 bits per heavy atom. The van der Waals surface area contributed by atoms with E-state index in [1.54, 1.807) is 6.92 Å². The van der Waals surface area contributed by atoms with Crippen molar-refractivity contribution in [3.63, 3.8) is 0 Å². The van der Waals surface area contributed by atoms with Gasteiger partial charge in [0.15, 0.2) is 0 Å². The summed E-state index contributed by atoms with van der Waals surface area (Å²) in [6.45, 7) is 3.46. The van der Waals surface area contributed by atoms with Crippen LogP contribution in [0.2, 0.25) is 0 Å². The minimum Gasteiger partial charge on any atom is -0.462 e. The number of aliphatic hydroxyl groups is 1. The van der Waals surface area contributed by atoms with E-state index >= 15 is 0 Å². The van der Waals surface area contributed by atoms with Crippen LogP contribution in [0.4, 0.5) is 15.8 Å². The highest BCUT2D eigenvalue weighted by molar-refractivity contribution is 5.96. The first-order chi connectivity index (χ1) is 10.1. The molecule has 0 aliphatic carbocycles. The van der Waals surface area contributed by atoms with E-state index < -0.39 is 11.8 Å². The Bertz CT molecular complexity index is 522. The number of carbonyl (C=O) groups excluding carboxylic acids is 1. The molecular formula is C15H21FN2O3. The van der Waals surface area contributed by atoms with Crippen molar-refractivity contribution in [3.05, 3.63) is 23.5 Å². The number of anilines is 2. The molecule has 0 bridgehead atoms. The summed E-state index contributed by atoms with van der Waals surface area (Å²) in [7, 11) is 0. The summed E-state index contributed by atoms with van der Waals surface area (Å²) >= 11 is 0. The number of nitrogens with zero attached hydrogens (tertiary/aromatic N) is 1. The monoisotopic (exact) mass is 296 g/mol. The summed E-state index contributed by atoms with van der Waals surface area (Å²) in [5, 5.41) is 8.98. The number of nitrogen functional groups attached to an aromatic ring is 1. The lowest BCUT2D eigenvalue weighted by Crippen LogP contribution is -2.22. The van der Waals surface area contributed by atoms with E-state index in [-0.39, 0.29) is 24.5 Å². The fourth-order valence-corrected chi connectivity index (χ4v) is 2.67. The van der Waals surface area contributed by atoms with Crippen LogP contribution in [0.1, 0.15) is 30.1 Å². The van der Waals surface area contributed by atoms with E-state index in [0.29, 0.717) is 31.1 Å². The molecule has 5 nitrogen and oxygen atoms in total. The van der Waals surface area contributed by atoms with Gasteiger partial charge in [0.2, 0.25) is 0 Å². The van der Waals surface area contributed by atoms with Gasteiger partial charge in [0, 0.05) is 25.4 Å². The zero-order chi connectivity index (χ0) is 15.4. The van der Waals surface area contributed by atoms with Gasteiger partial charge >= 0.3 is 5.97 Å². The average molecular weight is 296 g/mol. The van der Waals surface area contributed by atoms with Crippen LogP contribution in [0.3, 0.4) is 0 Å². The highest BCUT2D eigenvalue weighted by Gasteiger charge is 2.26. The Labute approximate surface area is 123 Å². The quantitative estimate of drug-likeness (QED) is 0.640. The van der Waals surface area contributed by atoms with Gasteiger partial charge in [0.05, 0.1) is 17.9 Å². The second kappa shape index (κ2) is 6.76. The third-order valence-electron chi connectivity index (χ3n) is 3.78. The molecule has 1 heterocycles. The van der Waals surface area contributed by atoms with Crippen LogP contribution in [0.15, 0.2) is 12.1 Å². The molecule has 1 aliphatic heterocycles. The fraction of sp³-hybridized carbons (Fsp3) is 0.533. The molecule has 0 spiro atoms. The molecule has 1 unspecified atom stereocenters. The average Bonchev–Trinajstić information content (AvgIpc) is 2.88. The van der Waals surface area contributed by atoms with Gasteiger partial charge in [-0.15, -0.1) is 0 Å². The van der Waals surface area contributed by atoms with Gasteiger partial charge in [-0.2, -0.15) is 0 Å². The van der Waals surface area contributed by atoms with Gasteiger partial charge in [-0.1, -0.05) is 0 Å². The van der Waals surface area contributed by atoms with Gasteiger partial charge in [-0.3, -0.25) is 0 Å². The summed E-state index contributed by atoms with van der Waals surface area (Å²) in [5.41, 5.74) is 6.35. The van der Waals surface area contributed by atoms with Crippen molar-refractivity contribution in [1.29, 1.82) is 0 Å². The van der Waals surface area contributed by atoms with Crippen molar-refractivity contribution < 1.29 is 19.0 Å². The minimum atomic E-state index is -0.539. The number of hydrogen-bond acceptors (Lipinski definition) is 5. The number of esters is 1. The zero-order valence-corrected chi connectivity index (χ0v) is 12.1. The maximum absolute atomic E-state index is 14.1. The Hall–Kier alpha value is -1.82. The number of nitrogens with two attached hydrogens (primary N) is 1. The molecule has 2 rings (SSSR count). The molecule has 1 aromatic carbocycles. The van der Waals surface area contributed by atoms with Gasteiger partial charge in [0.25, 0.3) is 0 Å². The highest BCUT2D eigenvalue weighted by Crippen LogP contribution is 2.31. The van der Waals surface area contributed by atoms with Crippen molar-refractivity contribution in [1.82, 2.24) is 0 Å². The van der Waals surface area contributed by atoms with E-state index in [9.17, 15) is 9.18 Å². The van der Waals surface area contributed by atoms with Crippen molar-refractivity contribution in [3.8, 4) is 0 Å². The Balaban J connectivity index is 2.24. The lowest BCUT2D eigenvalue weighted by atomic mass is 10.1. The van der Waals surface area contributed by atoms with Crippen molar-refractivity contribution >= 4 is 17.3 Å². The first-order valence-electron chi connectivity index (χ1n) is 7.18. The molecular weight excluding hydrogens is 275 g/mol. The van der Waals surface area contributed by atoms with Gasteiger partial charge in [-0.05, 0) is 37.8 Å². The first-order valence-corrected chi connectivity index (χ1v) is 7.18. The van der Waals surface area contributed by atoms with Crippen LogP contribution in [0.25, 0.3) is 0 Å². The predicted molar refractivity (Wildman–Crippen MR) is 78.8 cm³/mol. The largest absolute Gasteiger partial charge is 0.462 e. The number of rotatable bonds is 5. The smallest absolute Gasteiger partial charge is 0.340 e. The molecule has 0 aromatic heterocycles. The summed E-state index contributed by atoms with van der Waals surface area (Å²) in [6.07, 6.45) is 1.61. The van der Waals surface area contributed by atoms with E-state index in [2.05, 4.69) is 0 Å². The molecule has 1 aromatic rings. The number of halogens is 1. The number of carbonyl (C=O) groups is 1. The molecule has 3 N–H and O–H groups in total. The molecule has 1 saturated heterocycles. The van der Waals surface area contributed by atoms with E-state index in [4.69, 9.17) is 15.6 Å². The summed E-state index contributed by atoms with van der Waals surface area (Å²) in [5.74, 6) is -0.634. The van der Waals surface area contributed by atoms with Crippen LogP contribution in [0.5, 0.6) is 0 Å². The van der Waals surface area contributed by atoms with Gasteiger partial charge in [0.1, 0.15) is 5.82 Å². The molecule has 0 saturated carbocycles. The lowest BCUT2D eigenvalue weighted by Gasteiger charge is -2.20. The fourth-order valence-electron chi connectivity index (χ4n) is 2.67. The minimum absolute atomic E-state index is 0.0841. The normalized spacial score (nSPS) is 18.0. The van der Waals surface area contributed by atoms with E-state index in [1.807, 2.05) is 4.90 Å². The number of benzene rings is 1. The lowest BCUT2D eigenvalue weighted by molar-refractivity contribution is 0.0527. The Morgan fingerprint density at radius 1 is 1.57 bits per heavy atom. The summed E-state index contributed by atoms with van der Waals surface area (Å²) in [4.78, 5) is 13.7. The Kier molecular flexibility index (Phi) is 5.01. The zero-order valence-electron chi connectivity index (χ0n) is 12.1. The topological polar surface area (TPSA) is 75.8 Å². The van der Waals surface area contributed by atoms with Crippen molar-refractivity contribution in [2.75, 3.05) is 36.9 Å². The highest BCUT2D eigenvalue weighted by atomic mass is 19.1. The van der Waals surface area contributed by atoms with Crippen LogP contribution in [-0.4, -0.2) is 37.4 Å². The van der Waals surface area contributed by atoms with Crippen LogP contribution in [-0.2, 0) is 4.74 Å². The molecule has 0 amide bonds. The van der Waals surface area contributed by atoms with Crippen molar-refractivity contribution in [2.45, 2.75) is 19.8 Å². The summed E-state index contributed by atoms with van der Waals surface area (Å²) in [6, 6.07) is 2.63. The van der Waals surface area contributed by atoms with Crippen LogP contribution in [0, 0.1) is 11.7 Å². The van der Waals surface area contributed by atoms with E-state index in [1.165, 1.54) is 12.1 Å². The van der Waals surface area contributed by atoms with Gasteiger partial charge in [-0.25, -0.2) is 9.18 Å². The maximum Gasteiger partial charge on any atom is 0.340 e. The van der Waals surface area contributed by atoms with E-state index in [0.717, 1.165) is 6.42 Å². The second-order valence-electron chi connectivity index (χ2n) is 5.22. The number of aliphatic hydroxyl groups excluding tert-OH is 1. The molecule has 6 heteroatoms. The van der Waals surface area contributed by atoms with Crippen LogP contribution < -0.4 is 10.6 Å². The third kappa shape index (κ3) is 3.44. The molecule has 116 valence electrons. The molecule has 1 fully saturated rings. The second-order valence-corrected chi connectivity index (χ2v) is 5.22. The maximum atomic E-state index is 14.1. The molecule has 1 atom stereocenters. The standard InChI is InChI=1S/C15H21FN2O3/c1-2-21-15(20)11-7-14(12(16)8-13(11)17)18-5-3-10(9-18)4-6-19/h7-8,10,19H,2-6,9,17H2,1H3. The molecule has 0 radical (unpaired) electrons. The molecule has 21 heavy (non-hydrogen) atoms. The Morgan fingerprint density at radius 2 is 2.33 bits per heavy atom. The summed E-state index contributed by atoms with van der Waals surface area (Å²) < 4.78 is 19.1. The van der Waals surface area contributed by atoms with Crippen molar-refractivity contribution in [2.24, 2.45) is 5.92 Å². The first kappa shape index (κ1) is 15.6. The van der Waals surface area contributed by atoms with Crippen LogP contribution >= 0.6 is 0 Å². The third-order valence-corrected chi connectivity index (χ3v) is 3.78. The van der Waals surface area contributed by atoms with Gasteiger partial charge < -0.3 is 20.5 Å². The SMILES string of the molecule is CCOC(=O)c1cc(N2CCC(CCO)C2)c(F)cc1N. The molecule has 1 aliphatic rings.